The Bertz CT molecular complexity index is 1160. The molecule has 1 saturated carbocycles. The highest BCUT2D eigenvalue weighted by Crippen LogP contribution is 2.33. The molecular weight excluding hydrogens is 453 g/mol. The van der Waals surface area contributed by atoms with Gasteiger partial charge in [0.1, 0.15) is 6.04 Å². The van der Waals surface area contributed by atoms with Crippen molar-refractivity contribution in [3.05, 3.63) is 70.4 Å². The minimum absolute atomic E-state index is 0.00363. The van der Waals surface area contributed by atoms with E-state index in [1.807, 2.05) is 16.8 Å². The van der Waals surface area contributed by atoms with Gasteiger partial charge in [0.05, 0.1) is 11.3 Å². The van der Waals surface area contributed by atoms with Crippen LogP contribution in [-0.2, 0) is 11.0 Å². The van der Waals surface area contributed by atoms with Crippen LogP contribution in [-0.4, -0.2) is 18.0 Å². The Morgan fingerprint density at radius 2 is 1.85 bits per heavy atom. The fourth-order valence-corrected chi connectivity index (χ4v) is 3.91. The van der Waals surface area contributed by atoms with Crippen LogP contribution in [0.15, 0.2) is 59.3 Å². The van der Waals surface area contributed by atoms with Crippen LogP contribution in [0.5, 0.6) is 0 Å². The van der Waals surface area contributed by atoms with Gasteiger partial charge in [0.2, 0.25) is 5.91 Å². The first kappa shape index (κ1) is 22.8. The fraction of sp³-hybridized carbons (Fsp3) is 0.217. The van der Waals surface area contributed by atoms with Crippen molar-refractivity contribution in [1.82, 2.24) is 5.32 Å². The molecule has 4 rings (SSSR count). The van der Waals surface area contributed by atoms with Crippen molar-refractivity contribution in [3.63, 3.8) is 0 Å². The molecule has 1 aliphatic carbocycles. The third-order valence-electron chi connectivity index (χ3n) is 5.14. The molecule has 1 atom stereocenters. The van der Waals surface area contributed by atoms with Gasteiger partial charge in [-0.05, 0) is 65.1 Å². The van der Waals surface area contributed by atoms with Gasteiger partial charge < -0.3 is 21.7 Å². The van der Waals surface area contributed by atoms with Gasteiger partial charge in [0, 0.05) is 17.3 Å². The third-order valence-corrected chi connectivity index (χ3v) is 5.82. The number of benzene rings is 2. The first-order chi connectivity index (χ1) is 15.7. The largest absolute Gasteiger partial charge is 0.416 e. The Morgan fingerprint density at radius 3 is 2.52 bits per heavy atom. The van der Waals surface area contributed by atoms with Crippen molar-refractivity contribution < 1.29 is 22.8 Å². The van der Waals surface area contributed by atoms with Crippen LogP contribution in [0.3, 0.4) is 0 Å². The number of hydrogen-bond donors (Lipinski definition) is 4. The molecule has 0 bridgehead atoms. The van der Waals surface area contributed by atoms with Crippen molar-refractivity contribution in [3.8, 4) is 11.1 Å². The molecule has 10 heteroatoms. The van der Waals surface area contributed by atoms with Gasteiger partial charge in [-0.25, -0.2) is 4.79 Å². The van der Waals surface area contributed by atoms with Crippen molar-refractivity contribution in [2.75, 3.05) is 10.6 Å². The average molecular weight is 475 g/mol. The molecule has 2 aromatic carbocycles. The normalized spacial score (nSPS) is 14.4. The van der Waals surface area contributed by atoms with E-state index in [0.29, 0.717) is 16.8 Å². The summed E-state index contributed by atoms with van der Waals surface area (Å²) in [5.74, 6) is -0.305. The summed E-state index contributed by atoms with van der Waals surface area (Å²) in [5.41, 5.74) is 7.66. The molecule has 0 saturated heterocycles. The van der Waals surface area contributed by atoms with Crippen LogP contribution in [0.1, 0.15) is 30.0 Å². The summed E-state index contributed by atoms with van der Waals surface area (Å²) >= 11 is 1.47. The van der Waals surface area contributed by atoms with Gasteiger partial charge in [0.25, 0.3) is 0 Å². The Labute approximate surface area is 192 Å². The maximum absolute atomic E-state index is 13.0. The number of hydrogen-bond acceptors (Lipinski definition) is 4. The van der Waals surface area contributed by atoms with Crippen LogP contribution >= 0.6 is 11.3 Å². The summed E-state index contributed by atoms with van der Waals surface area (Å²) < 4.78 is 38.9. The number of rotatable bonds is 6. The van der Waals surface area contributed by atoms with Gasteiger partial charge in [-0.3, -0.25) is 4.79 Å². The number of urea groups is 1. The molecule has 1 heterocycles. The summed E-state index contributed by atoms with van der Waals surface area (Å²) in [7, 11) is 0. The van der Waals surface area contributed by atoms with Gasteiger partial charge in [-0.2, -0.15) is 24.5 Å². The first-order valence-electron chi connectivity index (χ1n) is 10.2. The predicted octanol–water partition coefficient (Wildman–Crippen LogP) is 5.36. The van der Waals surface area contributed by atoms with Crippen LogP contribution in [0.25, 0.3) is 11.1 Å². The van der Waals surface area contributed by atoms with Gasteiger partial charge >= 0.3 is 12.2 Å². The maximum atomic E-state index is 13.0. The fourth-order valence-electron chi connectivity index (χ4n) is 3.26. The molecule has 0 spiro atoms. The van der Waals surface area contributed by atoms with E-state index < -0.39 is 23.8 Å². The molecule has 1 aromatic heterocycles. The smallest absolute Gasteiger partial charge is 0.352 e. The zero-order valence-corrected chi connectivity index (χ0v) is 18.1. The summed E-state index contributed by atoms with van der Waals surface area (Å²) in [6.45, 7) is 0. The molecule has 6 nitrogen and oxygen atoms in total. The lowest BCUT2D eigenvalue weighted by atomic mass is 10.00. The Morgan fingerprint density at radius 1 is 1.06 bits per heavy atom. The zero-order chi connectivity index (χ0) is 23.6. The first-order valence-corrected chi connectivity index (χ1v) is 11.1. The number of halogens is 3. The van der Waals surface area contributed by atoms with Crippen molar-refractivity contribution in [1.29, 1.82) is 0 Å². The van der Waals surface area contributed by atoms with Crippen molar-refractivity contribution in [2.45, 2.75) is 31.1 Å². The van der Waals surface area contributed by atoms with Gasteiger partial charge in [-0.15, -0.1) is 0 Å². The Hall–Kier alpha value is -3.37. The number of anilines is 2. The lowest BCUT2D eigenvalue weighted by Gasteiger charge is -2.17. The highest BCUT2D eigenvalue weighted by Gasteiger charge is 2.30. The number of carbonyl (C=O) groups excluding carboxylic acids is 2. The summed E-state index contributed by atoms with van der Waals surface area (Å²) in [6.07, 6.45) is -2.66. The van der Waals surface area contributed by atoms with Crippen LogP contribution in [0, 0.1) is 0 Å². The van der Waals surface area contributed by atoms with E-state index in [1.165, 1.54) is 23.5 Å². The second-order valence-corrected chi connectivity index (χ2v) is 8.52. The number of amides is 3. The van der Waals surface area contributed by atoms with Crippen LogP contribution in [0.4, 0.5) is 29.3 Å². The lowest BCUT2D eigenvalue weighted by Crippen LogP contribution is -2.35. The Kier molecular flexibility index (Phi) is 6.39. The summed E-state index contributed by atoms with van der Waals surface area (Å²) in [4.78, 5) is 25.0. The van der Waals surface area contributed by atoms with E-state index in [0.717, 1.165) is 30.5 Å². The molecule has 5 N–H and O–H groups in total. The van der Waals surface area contributed by atoms with Crippen molar-refractivity contribution >= 4 is 34.6 Å². The predicted molar refractivity (Wildman–Crippen MR) is 122 cm³/mol. The van der Waals surface area contributed by atoms with Gasteiger partial charge in [0.15, 0.2) is 0 Å². The monoisotopic (exact) mass is 474 g/mol. The topological polar surface area (TPSA) is 96.2 Å². The zero-order valence-electron chi connectivity index (χ0n) is 17.3. The maximum Gasteiger partial charge on any atom is 0.416 e. The quantitative estimate of drug-likeness (QED) is 0.387. The molecule has 3 aromatic rings. The SMILES string of the molecule is NC(C(=O)NC1CC1)c1ccc(-c2ccsc2)c(NC(=O)Nc2cccc(C(F)(F)F)c2)c1. The minimum Gasteiger partial charge on any atom is -0.352 e. The van der Waals surface area contributed by atoms with Gasteiger partial charge in [-0.1, -0.05) is 18.2 Å². The van der Waals surface area contributed by atoms with Crippen molar-refractivity contribution in [2.24, 2.45) is 5.73 Å². The van der Waals surface area contributed by atoms with E-state index in [2.05, 4.69) is 16.0 Å². The number of carbonyl (C=O) groups is 2. The third kappa shape index (κ3) is 5.71. The summed E-state index contributed by atoms with van der Waals surface area (Å²) in [6, 6.07) is 9.82. The van der Waals surface area contributed by atoms with E-state index >= 15 is 0 Å². The second-order valence-electron chi connectivity index (χ2n) is 7.74. The number of nitrogens with two attached hydrogens (primary N) is 1. The molecule has 3 amide bonds. The Balaban J connectivity index is 1.56. The highest BCUT2D eigenvalue weighted by molar-refractivity contribution is 7.08. The van der Waals surface area contributed by atoms with E-state index in [-0.39, 0.29) is 17.6 Å². The van der Waals surface area contributed by atoms with Crippen LogP contribution < -0.4 is 21.7 Å². The molecule has 1 unspecified atom stereocenters. The summed E-state index contributed by atoms with van der Waals surface area (Å²) in [5, 5.41) is 11.7. The number of alkyl halides is 3. The number of nitrogens with one attached hydrogen (secondary N) is 3. The second kappa shape index (κ2) is 9.24. The molecule has 1 aliphatic rings. The molecule has 0 radical (unpaired) electrons. The molecule has 1 fully saturated rings. The standard InChI is InChI=1S/C23H21F3N4O2S/c24-23(25,26)15-2-1-3-17(11-15)29-22(32)30-19-10-13(20(27)21(31)28-16-5-6-16)4-7-18(19)14-8-9-33-12-14/h1-4,7-12,16,20H,5-6,27H2,(H,28,31)(H2,29,30,32). The lowest BCUT2D eigenvalue weighted by molar-refractivity contribution is -0.137. The van der Waals surface area contributed by atoms with Crippen LogP contribution in [0.2, 0.25) is 0 Å². The molecule has 172 valence electrons. The molecule has 0 aliphatic heterocycles. The number of thiophene rings is 1. The van der Waals surface area contributed by atoms with E-state index in [1.54, 1.807) is 18.2 Å². The van der Waals surface area contributed by atoms with E-state index in [4.69, 9.17) is 5.73 Å². The molecule has 33 heavy (non-hydrogen) atoms. The highest BCUT2D eigenvalue weighted by atomic mass is 32.1. The average Bonchev–Trinajstić information content (AvgIpc) is 3.41. The molecular formula is C23H21F3N4O2S. The minimum atomic E-state index is -4.52. The van der Waals surface area contributed by atoms with E-state index in [9.17, 15) is 22.8 Å².